The molecule has 0 unspecified atom stereocenters. The van der Waals surface area contributed by atoms with E-state index in [1.54, 1.807) is 6.20 Å². The minimum atomic E-state index is -0.0336. The quantitative estimate of drug-likeness (QED) is 0.869. The number of piperazine rings is 1. The van der Waals surface area contributed by atoms with Crippen molar-refractivity contribution in [2.45, 2.75) is 19.3 Å². The molecular weight excluding hydrogens is 296 g/mol. The smallest absolute Gasteiger partial charge is 0.230 e. The first kappa shape index (κ1) is 15.0. The molecule has 1 aromatic carbocycles. The zero-order valence-corrected chi connectivity index (χ0v) is 13.5. The van der Waals surface area contributed by atoms with Crippen LogP contribution in [0.25, 0.3) is 0 Å². The molecule has 0 N–H and O–H groups in total. The van der Waals surface area contributed by atoms with Gasteiger partial charge in [0.15, 0.2) is 5.82 Å². The summed E-state index contributed by atoms with van der Waals surface area (Å²) in [5.41, 5.74) is 1.11. The van der Waals surface area contributed by atoms with Crippen LogP contribution in [0.2, 0.25) is 0 Å². The molecule has 6 heteroatoms. The van der Waals surface area contributed by atoms with Crippen LogP contribution in [0.5, 0.6) is 0 Å². The van der Waals surface area contributed by atoms with Gasteiger partial charge in [-0.1, -0.05) is 37.3 Å². The lowest BCUT2D eigenvalue weighted by Crippen LogP contribution is -2.50. The summed E-state index contributed by atoms with van der Waals surface area (Å²) in [7, 11) is 0. The van der Waals surface area contributed by atoms with Crippen molar-refractivity contribution in [2.24, 2.45) is 0 Å². The Kier molecular flexibility index (Phi) is 4.68. The van der Waals surface area contributed by atoms with Gasteiger partial charge in [0.1, 0.15) is 0 Å². The van der Waals surface area contributed by atoms with Crippen molar-refractivity contribution < 1.29 is 4.79 Å². The highest BCUT2D eigenvalue weighted by Gasteiger charge is 2.27. The minimum absolute atomic E-state index is 0.0336. The van der Waals surface area contributed by atoms with Crippen molar-refractivity contribution in [3.63, 3.8) is 0 Å². The van der Waals surface area contributed by atoms with Gasteiger partial charge in [0.25, 0.3) is 0 Å². The number of carbonyl (C=O) groups excluding carboxylic acids is 1. The molecule has 1 amide bonds. The van der Waals surface area contributed by atoms with Crippen LogP contribution in [0.4, 0.5) is 5.82 Å². The van der Waals surface area contributed by atoms with E-state index in [4.69, 9.17) is 0 Å². The van der Waals surface area contributed by atoms with Gasteiger partial charge in [-0.15, -0.1) is 0 Å². The molecular formula is C16H20N4OS. The third kappa shape index (κ3) is 3.11. The maximum absolute atomic E-state index is 12.8. The van der Waals surface area contributed by atoms with Gasteiger partial charge in [-0.2, -0.15) is 8.75 Å². The van der Waals surface area contributed by atoms with Gasteiger partial charge < -0.3 is 9.80 Å². The fourth-order valence-corrected chi connectivity index (χ4v) is 3.35. The minimum Gasteiger partial charge on any atom is -0.351 e. The highest BCUT2D eigenvalue weighted by atomic mass is 32.1. The van der Waals surface area contributed by atoms with Gasteiger partial charge in [-0.3, -0.25) is 4.79 Å². The summed E-state index contributed by atoms with van der Waals surface area (Å²) in [5, 5.41) is 0. The Hall–Kier alpha value is -1.95. The van der Waals surface area contributed by atoms with E-state index in [1.807, 2.05) is 35.2 Å². The number of amides is 1. The fourth-order valence-electron chi connectivity index (χ4n) is 2.91. The number of anilines is 1. The number of hydrogen-bond acceptors (Lipinski definition) is 5. The van der Waals surface area contributed by atoms with E-state index in [1.165, 1.54) is 11.7 Å². The highest BCUT2D eigenvalue weighted by Crippen LogP contribution is 2.23. The molecule has 1 aliphatic rings. The van der Waals surface area contributed by atoms with E-state index in [2.05, 4.69) is 20.6 Å². The molecule has 1 fully saturated rings. The molecule has 0 saturated carbocycles. The van der Waals surface area contributed by atoms with Gasteiger partial charge in [-0.25, -0.2) is 0 Å². The molecule has 2 heterocycles. The Bertz CT molecular complexity index is 594. The summed E-state index contributed by atoms with van der Waals surface area (Å²) < 4.78 is 8.30. The summed E-state index contributed by atoms with van der Waals surface area (Å²) in [5.74, 6) is 1.13. The average Bonchev–Trinajstić information content (AvgIpc) is 3.11. The fraction of sp³-hybridized carbons (Fsp3) is 0.438. The lowest BCUT2D eigenvalue weighted by Gasteiger charge is -2.36. The van der Waals surface area contributed by atoms with Gasteiger partial charge in [-0.05, 0) is 12.0 Å². The van der Waals surface area contributed by atoms with Crippen LogP contribution in [-0.2, 0) is 4.79 Å². The van der Waals surface area contributed by atoms with Crippen molar-refractivity contribution in [1.29, 1.82) is 0 Å². The van der Waals surface area contributed by atoms with Crippen LogP contribution in [0.3, 0.4) is 0 Å². The number of benzene rings is 1. The summed E-state index contributed by atoms with van der Waals surface area (Å²) >= 11 is 1.22. The van der Waals surface area contributed by atoms with Crippen molar-refractivity contribution in [2.75, 3.05) is 31.1 Å². The van der Waals surface area contributed by atoms with E-state index >= 15 is 0 Å². The molecule has 3 rings (SSSR count). The second kappa shape index (κ2) is 6.87. The molecule has 1 atom stereocenters. The third-order valence-electron chi connectivity index (χ3n) is 4.17. The zero-order valence-electron chi connectivity index (χ0n) is 12.7. The van der Waals surface area contributed by atoms with E-state index in [9.17, 15) is 4.79 Å². The van der Waals surface area contributed by atoms with Crippen LogP contribution >= 0.6 is 11.7 Å². The predicted octanol–water partition coefficient (Wildman–Crippen LogP) is 2.38. The monoisotopic (exact) mass is 316 g/mol. The Morgan fingerprint density at radius 2 is 1.95 bits per heavy atom. The molecule has 0 radical (unpaired) electrons. The number of aromatic nitrogens is 2. The molecule has 2 aromatic rings. The first-order chi connectivity index (χ1) is 10.8. The summed E-state index contributed by atoms with van der Waals surface area (Å²) in [6.07, 6.45) is 2.63. The second-order valence-corrected chi connectivity index (χ2v) is 6.01. The van der Waals surface area contributed by atoms with Crippen molar-refractivity contribution >= 4 is 23.5 Å². The number of rotatable bonds is 4. The molecule has 1 saturated heterocycles. The zero-order chi connectivity index (χ0) is 15.4. The van der Waals surface area contributed by atoms with Gasteiger partial charge in [0, 0.05) is 26.2 Å². The Balaban J connectivity index is 1.64. The lowest BCUT2D eigenvalue weighted by molar-refractivity contribution is -0.133. The second-order valence-electron chi connectivity index (χ2n) is 5.45. The number of carbonyl (C=O) groups is 1. The van der Waals surface area contributed by atoms with E-state index in [0.717, 1.165) is 44.0 Å². The van der Waals surface area contributed by atoms with E-state index in [-0.39, 0.29) is 11.8 Å². The molecule has 22 heavy (non-hydrogen) atoms. The van der Waals surface area contributed by atoms with Crippen LogP contribution in [0, 0.1) is 0 Å². The van der Waals surface area contributed by atoms with Crippen LogP contribution in [0.15, 0.2) is 36.5 Å². The molecule has 0 aliphatic carbocycles. The molecule has 0 spiro atoms. The maximum atomic E-state index is 12.8. The number of hydrogen-bond donors (Lipinski definition) is 0. The van der Waals surface area contributed by atoms with Gasteiger partial charge >= 0.3 is 0 Å². The first-order valence-corrected chi connectivity index (χ1v) is 8.39. The summed E-state index contributed by atoms with van der Waals surface area (Å²) in [6, 6.07) is 10.1. The maximum Gasteiger partial charge on any atom is 0.230 e. The summed E-state index contributed by atoms with van der Waals surface area (Å²) in [4.78, 5) is 17.0. The van der Waals surface area contributed by atoms with Gasteiger partial charge in [0.2, 0.25) is 5.91 Å². The molecule has 1 aliphatic heterocycles. The summed E-state index contributed by atoms with van der Waals surface area (Å²) in [6.45, 7) is 5.22. The van der Waals surface area contributed by atoms with Crippen LogP contribution in [0.1, 0.15) is 24.8 Å². The largest absolute Gasteiger partial charge is 0.351 e. The van der Waals surface area contributed by atoms with Crippen molar-refractivity contribution in [1.82, 2.24) is 13.6 Å². The lowest BCUT2D eigenvalue weighted by atomic mass is 9.95. The third-order valence-corrected chi connectivity index (χ3v) is 4.64. The van der Waals surface area contributed by atoms with Crippen LogP contribution in [-0.4, -0.2) is 45.7 Å². The van der Waals surface area contributed by atoms with E-state index < -0.39 is 0 Å². The normalized spacial score (nSPS) is 16.6. The Morgan fingerprint density at radius 3 is 2.55 bits per heavy atom. The highest BCUT2D eigenvalue weighted by molar-refractivity contribution is 6.99. The van der Waals surface area contributed by atoms with Crippen molar-refractivity contribution in [3.8, 4) is 0 Å². The topological polar surface area (TPSA) is 49.3 Å². The number of nitrogens with zero attached hydrogens (tertiary/aromatic N) is 4. The Morgan fingerprint density at radius 1 is 1.23 bits per heavy atom. The molecule has 1 aromatic heterocycles. The van der Waals surface area contributed by atoms with Gasteiger partial charge in [0.05, 0.1) is 23.8 Å². The van der Waals surface area contributed by atoms with Crippen molar-refractivity contribution in [3.05, 3.63) is 42.1 Å². The Labute approximate surface area is 134 Å². The average molecular weight is 316 g/mol. The van der Waals surface area contributed by atoms with E-state index in [0.29, 0.717) is 0 Å². The first-order valence-electron chi connectivity index (χ1n) is 7.66. The predicted molar refractivity (Wildman–Crippen MR) is 88.2 cm³/mol. The molecule has 0 bridgehead atoms. The molecule has 116 valence electrons. The standard InChI is InChI=1S/C16H20N4OS/c1-2-14(13-6-4-3-5-7-13)16(21)20-10-8-19(9-11-20)15-12-17-22-18-15/h3-7,12,14H,2,8-11H2,1H3/t14-/m0/s1. The van der Waals surface area contributed by atoms with Crippen LogP contribution < -0.4 is 4.90 Å². The molecule has 5 nitrogen and oxygen atoms in total. The SMILES string of the molecule is CC[C@H](C(=O)N1CCN(c2cnsn2)CC1)c1ccccc1.